The molecule has 0 spiro atoms. The average Bonchev–Trinajstić information content (AvgIpc) is 3.04. The molecule has 0 amide bonds. The summed E-state index contributed by atoms with van der Waals surface area (Å²) in [6.45, 7) is 21.9. The lowest BCUT2D eigenvalue weighted by molar-refractivity contribution is -0.985. The van der Waals surface area contributed by atoms with Crippen molar-refractivity contribution in [3.63, 3.8) is 0 Å². The molecule has 4 aromatic rings. The third kappa shape index (κ3) is 6.27. The highest BCUT2D eigenvalue weighted by molar-refractivity contribution is 5.82. The van der Waals surface area contributed by atoms with Gasteiger partial charge in [0.05, 0.1) is 32.3 Å². The predicted molar refractivity (Wildman–Crippen MR) is 190 cm³/mol. The number of piperidine rings is 3. The van der Waals surface area contributed by atoms with Crippen LogP contribution < -0.4 is 4.74 Å². The molecule has 4 heterocycles. The Bertz CT molecular complexity index is 1640. The molecule has 3 aliphatic heterocycles. The second-order valence-corrected chi connectivity index (χ2v) is 15.9. The molecule has 3 aliphatic rings. The van der Waals surface area contributed by atoms with Crippen LogP contribution in [0.4, 0.5) is 0 Å². The fourth-order valence-electron chi connectivity index (χ4n) is 8.38. The van der Waals surface area contributed by atoms with Crippen molar-refractivity contribution in [3.8, 4) is 5.75 Å². The van der Waals surface area contributed by atoms with E-state index < -0.39 is 0 Å². The Labute approximate surface area is 277 Å². The van der Waals surface area contributed by atoms with Crippen LogP contribution >= 0.6 is 0 Å². The molecule has 3 aromatic carbocycles. The third-order valence-electron chi connectivity index (χ3n) is 10.8. The average molecular weight is 618 g/mol. The molecule has 4 heteroatoms. The molecular weight excluding hydrogens is 564 g/mol. The van der Waals surface area contributed by atoms with E-state index in [0.717, 1.165) is 41.8 Å². The summed E-state index contributed by atoms with van der Waals surface area (Å²) in [5.41, 5.74) is 7.37. The molecular formula is C42H53N2O2+. The molecule has 0 saturated carbocycles. The summed E-state index contributed by atoms with van der Waals surface area (Å²) in [4.78, 5) is 4.74. The van der Waals surface area contributed by atoms with E-state index in [1.807, 2.05) is 13.3 Å². The minimum atomic E-state index is -0.0657. The van der Waals surface area contributed by atoms with Crippen molar-refractivity contribution in [1.29, 1.82) is 0 Å². The van der Waals surface area contributed by atoms with Crippen LogP contribution in [0.2, 0.25) is 0 Å². The van der Waals surface area contributed by atoms with Crippen LogP contribution in [0.25, 0.3) is 10.9 Å². The van der Waals surface area contributed by atoms with Crippen molar-refractivity contribution in [3.05, 3.63) is 119 Å². The number of rotatable bonds is 9. The van der Waals surface area contributed by atoms with E-state index >= 15 is 0 Å². The van der Waals surface area contributed by atoms with Crippen molar-refractivity contribution in [1.82, 2.24) is 4.98 Å². The van der Waals surface area contributed by atoms with E-state index in [1.165, 1.54) is 39.6 Å². The molecule has 3 fully saturated rings. The monoisotopic (exact) mass is 617 g/mol. The van der Waals surface area contributed by atoms with Gasteiger partial charge in [-0.15, -0.1) is 6.58 Å². The number of aromatic nitrogens is 1. The van der Waals surface area contributed by atoms with E-state index in [4.69, 9.17) is 14.5 Å². The van der Waals surface area contributed by atoms with Gasteiger partial charge in [0, 0.05) is 47.0 Å². The first kappa shape index (κ1) is 32.5. The Kier molecular flexibility index (Phi) is 8.91. The minimum Gasteiger partial charge on any atom is -0.496 e. The van der Waals surface area contributed by atoms with E-state index in [9.17, 15) is 0 Å². The van der Waals surface area contributed by atoms with Crippen LogP contribution in [0.5, 0.6) is 5.75 Å². The number of nitrogens with zero attached hydrogens (tertiary/aromatic N) is 2. The molecule has 0 radical (unpaired) electrons. The van der Waals surface area contributed by atoms with Crippen molar-refractivity contribution in [2.45, 2.75) is 90.5 Å². The van der Waals surface area contributed by atoms with Gasteiger partial charge in [-0.3, -0.25) is 4.98 Å². The van der Waals surface area contributed by atoms with E-state index in [2.05, 4.69) is 127 Å². The Balaban J connectivity index is 1.49. The molecule has 0 N–H and O–H groups in total. The Morgan fingerprint density at radius 1 is 0.913 bits per heavy atom. The van der Waals surface area contributed by atoms with Crippen LogP contribution in [0.15, 0.2) is 91.6 Å². The minimum absolute atomic E-state index is 0.0451. The van der Waals surface area contributed by atoms with Crippen LogP contribution in [-0.2, 0) is 28.7 Å². The maximum absolute atomic E-state index is 7.15. The second kappa shape index (κ2) is 12.6. The molecule has 242 valence electrons. The third-order valence-corrected chi connectivity index (χ3v) is 10.8. The van der Waals surface area contributed by atoms with E-state index in [0.29, 0.717) is 24.5 Å². The molecule has 0 aliphatic carbocycles. The van der Waals surface area contributed by atoms with Gasteiger partial charge in [-0.1, -0.05) is 96.1 Å². The zero-order valence-corrected chi connectivity index (χ0v) is 29.1. The Morgan fingerprint density at radius 2 is 1.59 bits per heavy atom. The van der Waals surface area contributed by atoms with Crippen LogP contribution in [-0.4, -0.2) is 35.7 Å². The van der Waals surface area contributed by atoms with Crippen LogP contribution in [0.1, 0.15) is 88.3 Å². The molecule has 3 saturated heterocycles. The first-order chi connectivity index (χ1) is 21.9. The lowest BCUT2D eigenvalue weighted by Gasteiger charge is -2.58. The SMILES string of the molecule is C=C[C@H]1C[N+]2(Cc3cc(C(C)(C)C)c(OC)c(C(C)(C)C)c3)CC[C@H]1C[C@H]2[C@H](OCc1ccccc1)c1ccnc2ccccc12. The fraction of sp³-hybridized carbons (Fsp3) is 0.452. The maximum Gasteiger partial charge on any atom is 0.135 e. The highest BCUT2D eigenvalue weighted by Crippen LogP contribution is 2.50. The maximum atomic E-state index is 7.15. The van der Waals surface area contributed by atoms with Crippen molar-refractivity contribution < 1.29 is 14.0 Å². The lowest BCUT2D eigenvalue weighted by Crippen LogP contribution is -2.67. The molecule has 46 heavy (non-hydrogen) atoms. The number of fused-ring (bicyclic) bond motifs is 4. The number of methoxy groups -OCH3 is 1. The highest BCUT2D eigenvalue weighted by atomic mass is 16.5. The number of ether oxygens (including phenoxy) is 2. The summed E-state index contributed by atoms with van der Waals surface area (Å²) in [5.74, 6) is 2.18. The lowest BCUT2D eigenvalue weighted by atomic mass is 9.70. The van der Waals surface area contributed by atoms with Crippen molar-refractivity contribution in [2.24, 2.45) is 11.8 Å². The van der Waals surface area contributed by atoms with Gasteiger partial charge < -0.3 is 14.0 Å². The Hall–Kier alpha value is -3.47. The van der Waals surface area contributed by atoms with Crippen LogP contribution in [0.3, 0.4) is 0 Å². The summed E-state index contributed by atoms with van der Waals surface area (Å²) in [7, 11) is 1.83. The topological polar surface area (TPSA) is 31.4 Å². The van der Waals surface area contributed by atoms with Gasteiger partial charge >= 0.3 is 0 Å². The fourth-order valence-corrected chi connectivity index (χ4v) is 8.38. The summed E-state index contributed by atoms with van der Waals surface area (Å²) in [6.07, 6.45) is 6.50. The molecule has 4 nitrogen and oxygen atoms in total. The number of pyridine rings is 1. The number of hydrogen-bond acceptors (Lipinski definition) is 3. The van der Waals surface area contributed by atoms with Gasteiger partial charge in [-0.25, -0.2) is 0 Å². The largest absolute Gasteiger partial charge is 0.496 e. The summed E-state index contributed by atoms with van der Waals surface area (Å²) in [5, 5.41) is 1.19. The van der Waals surface area contributed by atoms with Crippen molar-refractivity contribution in [2.75, 3.05) is 20.2 Å². The molecule has 1 unspecified atom stereocenters. The summed E-state index contributed by atoms with van der Waals surface area (Å²) in [6, 6.07) is 26.6. The smallest absolute Gasteiger partial charge is 0.135 e. The first-order valence-corrected chi connectivity index (χ1v) is 17.1. The standard InChI is InChI=1S/C42H53N2O2/c1-9-31-27-44(26-30-23-35(41(2,3)4)40(45-8)36(24-30)42(5,6)7)22-20-32(31)25-38(44)39(46-28-29-15-11-10-12-16-29)34-19-21-43-37-18-14-13-17-33(34)37/h9-19,21,23-24,31-32,38-39H,1,20,22,25-28H2,2-8H3/q+1/t31-,32-,38-,39+,44?/m0/s1. The molecule has 1 aromatic heterocycles. The number of para-hydroxylation sites is 1. The Morgan fingerprint density at radius 3 is 2.24 bits per heavy atom. The van der Waals surface area contributed by atoms with E-state index in [1.54, 1.807) is 0 Å². The summed E-state index contributed by atoms with van der Waals surface area (Å²) >= 11 is 0. The highest BCUT2D eigenvalue weighted by Gasteiger charge is 2.54. The van der Waals surface area contributed by atoms with Gasteiger partial charge in [0.1, 0.15) is 24.4 Å². The van der Waals surface area contributed by atoms with Gasteiger partial charge in [0.2, 0.25) is 0 Å². The number of quaternary nitrogens is 1. The first-order valence-electron chi connectivity index (χ1n) is 17.1. The molecule has 5 atom stereocenters. The number of benzene rings is 3. The van der Waals surface area contributed by atoms with Gasteiger partial charge in [-0.2, -0.15) is 0 Å². The van der Waals surface area contributed by atoms with Gasteiger partial charge in [0.25, 0.3) is 0 Å². The van der Waals surface area contributed by atoms with Gasteiger partial charge in [0.15, 0.2) is 0 Å². The summed E-state index contributed by atoms with van der Waals surface area (Å²) < 4.78 is 14.3. The van der Waals surface area contributed by atoms with E-state index in [-0.39, 0.29) is 16.9 Å². The van der Waals surface area contributed by atoms with Crippen LogP contribution in [0, 0.1) is 11.8 Å². The predicted octanol–water partition coefficient (Wildman–Crippen LogP) is 9.71. The molecule has 2 bridgehead atoms. The normalized spacial score (nSPS) is 23.8. The quantitative estimate of drug-likeness (QED) is 0.138. The van der Waals surface area contributed by atoms with Gasteiger partial charge in [-0.05, 0) is 52.1 Å². The zero-order valence-electron chi connectivity index (χ0n) is 29.1. The van der Waals surface area contributed by atoms with Crippen molar-refractivity contribution >= 4 is 10.9 Å². The molecule has 7 rings (SSSR count). The number of hydrogen-bond donors (Lipinski definition) is 0. The zero-order chi connectivity index (χ0) is 32.7. The second-order valence-electron chi connectivity index (χ2n) is 15.9.